The molecule has 0 saturated carbocycles. The average Bonchev–Trinajstić information content (AvgIpc) is 2.94. The quantitative estimate of drug-likeness (QED) is 0.720. The van der Waals surface area contributed by atoms with Crippen LogP contribution in [0.25, 0.3) is 10.9 Å². The Balaban J connectivity index is 1.76. The van der Waals surface area contributed by atoms with Crippen LogP contribution < -0.4 is 5.32 Å². The molecule has 0 unspecified atom stereocenters. The van der Waals surface area contributed by atoms with E-state index in [9.17, 15) is 0 Å². The normalized spacial score (nSPS) is 10.9. The topological polar surface area (TPSA) is 45.6 Å². The lowest BCUT2D eigenvalue weighted by Gasteiger charge is -2.03. The number of hydrogen-bond donors (Lipinski definition) is 2. The zero-order chi connectivity index (χ0) is 11.7. The fraction of sp³-hybridized carbons (Fsp3) is 0.154. The third-order valence-corrected chi connectivity index (χ3v) is 2.80. The molecule has 2 N–H and O–H groups in total. The first-order valence-electron chi connectivity index (χ1n) is 5.61. The molecule has 3 aromatic rings. The van der Waals surface area contributed by atoms with Crippen LogP contribution in [0.4, 0.5) is 5.82 Å². The molecule has 0 aliphatic rings. The summed E-state index contributed by atoms with van der Waals surface area (Å²) in [6.07, 6.45) is 3.89. The van der Waals surface area contributed by atoms with Gasteiger partial charge in [-0.05, 0) is 29.1 Å². The van der Waals surface area contributed by atoms with Crippen LogP contribution in [0.3, 0.4) is 0 Å². The van der Waals surface area contributed by atoms with E-state index >= 15 is 0 Å². The molecule has 0 aliphatic carbocycles. The third-order valence-electron chi connectivity index (χ3n) is 2.80. The van der Waals surface area contributed by atoms with E-state index in [2.05, 4.69) is 39.7 Å². The van der Waals surface area contributed by atoms with Crippen LogP contribution in [0.5, 0.6) is 0 Å². The number of hydrogen-bond acceptors (Lipinski definition) is 2. The average molecular weight is 226 g/mol. The third kappa shape index (κ3) is 2.01. The number of aryl methyl sites for hydroxylation is 1. The van der Waals surface area contributed by atoms with Gasteiger partial charge in [0.05, 0.1) is 0 Å². The first-order chi connectivity index (χ1) is 8.31. The molecule has 2 aromatic heterocycles. The maximum absolute atomic E-state index is 4.28. The number of H-pyrrole nitrogens is 1. The lowest BCUT2D eigenvalue weighted by molar-refractivity contribution is 0.768. The molecule has 0 fully saturated rings. The van der Waals surface area contributed by atoms with Gasteiger partial charge < -0.3 is 10.3 Å². The highest BCUT2D eigenvalue weighted by Crippen LogP contribution is 2.15. The minimum atomic E-state index is 0.790. The first kappa shape index (κ1) is 9.96. The van der Waals surface area contributed by atoms with Crippen molar-refractivity contribution >= 4 is 16.7 Å². The van der Waals surface area contributed by atoms with E-state index in [1.54, 1.807) is 4.68 Å². The molecule has 0 radical (unpaired) electrons. The van der Waals surface area contributed by atoms with Gasteiger partial charge in [0.2, 0.25) is 0 Å². The van der Waals surface area contributed by atoms with Crippen molar-refractivity contribution in [1.82, 2.24) is 14.8 Å². The molecule has 4 heteroatoms. The van der Waals surface area contributed by atoms with Crippen LogP contribution >= 0.6 is 0 Å². The van der Waals surface area contributed by atoms with Gasteiger partial charge in [0.15, 0.2) is 0 Å². The van der Waals surface area contributed by atoms with Crippen molar-refractivity contribution < 1.29 is 0 Å². The molecular weight excluding hydrogens is 212 g/mol. The summed E-state index contributed by atoms with van der Waals surface area (Å²) < 4.78 is 1.79. The Labute approximate surface area is 99.3 Å². The summed E-state index contributed by atoms with van der Waals surface area (Å²) in [5.74, 6) is 0.904. The minimum absolute atomic E-state index is 0.790. The maximum Gasteiger partial charge on any atom is 0.148 e. The molecule has 0 amide bonds. The molecule has 17 heavy (non-hydrogen) atoms. The molecule has 3 rings (SSSR count). The van der Waals surface area contributed by atoms with Crippen molar-refractivity contribution in [3.63, 3.8) is 0 Å². The van der Waals surface area contributed by atoms with Crippen molar-refractivity contribution in [2.24, 2.45) is 7.05 Å². The predicted molar refractivity (Wildman–Crippen MR) is 68.8 cm³/mol. The van der Waals surface area contributed by atoms with E-state index < -0.39 is 0 Å². The van der Waals surface area contributed by atoms with Gasteiger partial charge in [0.25, 0.3) is 0 Å². The number of fused-ring (bicyclic) bond motifs is 1. The summed E-state index contributed by atoms with van der Waals surface area (Å²) in [4.78, 5) is 3.19. The Morgan fingerprint density at radius 2 is 2.24 bits per heavy atom. The van der Waals surface area contributed by atoms with E-state index in [-0.39, 0.29) is 0 Å². The Morgan fingerprint density at radius 3 is 3.06 bits per heavy atom. The Bertz CT molecular complexity index is 635. The number of anilines is 1. The van der Waals surface area contributed by atoms with Crippen molar-refractivity contribution in [2.75, 3.05) is 5.32 Å². The standard InChI is InChI=1S/C13H14N4/c1-17-7-5-13(16-17)15-9-10-2-3-12-11(8-10)4-6-14-12/h2-8,14H,9H2,1H3,(H,15,16). The number of nitrogens with zero attached hydrogens (tertiary/aromatic N) is 2. The van der Waals surface area contributed by atoms with Gasteiger partial charge in [0, 0.05) is 37.6 Å². The highest BCUT2D eigenvalue weighted by Gasteiger charge is 1.99. The van der Waals surface area contributed by atoms with Gasteiger partial charge >= 0.3 is 0 Å². The summed E-state index contributed by atoms with van der Waals surface area (Å²) in [5.41, 5.74) is 2.43. The van der Waals surface area contributed by atoms with Gasteiger partial charge in [0.1, 0.15) is 5.82 Å². The van der Waals surface area contributed by atoms with E-state index in [1.807, 2.05) is 25.5 Å². The van der Waals surface area contributed by atoms with Gasteiger partial charge in [-0.1, -0.05) is 6.07 Å². The molecule has 2 heterocycles. The number of aromatic nitrogens is 3. The molecule has 0 aliphatic heterocycles. The number of aromatic amines is 1. The summed E-state index contributed by atoms with van der Waals surface area (Å²) in [6, 6.07) is 10.5. The number of benzene rings is 1. The van der Waals surface area contributed by atoms with E-state index in [0.717, 1.165) is 12.4 Å². The predicted octanol–water partition coefficient (Wildman–Crippen LogP) is 2.51. The van der Waals surface area contributed by atoms with Crippen molar-refractivity contribution in [3.8, 4) is 0 Å². The number of nitrogens with one attached hydrogen (secondary N) is 2. The summed E-state index contributed by atoms with van der Waals surface area (Å²) >= 11 is 0. The fourth-order valence-electron chi connectivity index (χ4n) is 1.91. The largest absolute Gasteiger partial charge is 0.365 e. The van der Waals surface area contributed by atoms with E-state index in [4.69, 9.17) is 0 Å². The summed E-state index contributed by atoms with van der Waals surface area (Å²) in [5, 5.41) is 8.81. The SMILES string of the molecule is Cn1ccc(NCc2ccc3[nH]ccc3c2)n1. The molecule has 0 atom stereocenters. The molecule has 0 saturated heterocycles. The second kappa shape index (κ2) is 3.97. The zero-order valence-corrected chi connectivity index (χ0v) is 9.64. The highest BCUT2D eigenvalue weighted by atomic mass is 15.3. The van der Waals surface area contributed by atoms with E-state index in [1.165, 1.54) is 16.5 Å². The fourth-order valence-corrected chi connectivity index (χ4v) is 1.91. The molecule has 4 nitrogen and oxygen atoms in total. The van der Waals surface area contributed by atoms with E-state index in [0.29, 0.717) is 0 Å². The minimum Gasteiger partial charge on any atom is -0.365 e. The second-order valence-corrected chi connectivity index (χ2v) is 4.13. The molecular formula is C13H14N4. The van der Waals surface area contributed by atoms with Gasteiger partial charge in [-0.15, -0.1) is 0 Å². The van der Waals surface area contributed by atoms with Crippen LogP contribution in [-0.4, -0.2) is 14.8 Å². The first-order valence-corrected chi connectivity index (χ1v) is 5.61. The molecule has 0 spiro atoms. The monoisotopic (exact) mass is 226 g/mol. The Hall–Kier alpha value is -2.23. The van der Waals surface area contributed by atoms with Gasteiger partial charge in [-0.2, -0.15) is 5.10 Å². The van der Waals surface area contributed by atoms with Crippen LogP contribution in [0.15, 0.2) is 42.7 Å². The van der Waals surface area contributed by atoms with Crippen molar-refractivity contribution in [1.29, 1.82) is 0 Å². The van der Waals surface area contributed by atoms with Gasteiger partial charge in [-0.3, -0.25) is 4.68 Å². The lowest BCUT2D eigenvalue weighted by Crippen LogP contribution is -2.00. The summed E-state index contributed by atoms with van der Waals surface area (Å²) in [7, 11) is 1.91. The highest BCUT2D eigenvalue weighted by molar-refractivity contribution is 5.79. The number of rotatable bonds is 3. The van der Waals surface area contributed by atoms with Crippen LogP contribution in [0, 0.1) is 0 Å². The lowest BCUT2D eigenvalue weighted by atomic mass is 10.1. The van der Waals surface area contributed by atoms with Crippen LogP contribution in [-0.2, 0) is 13.6 Å². The van der Waals surface area contributed by atoms with Crippen molar-refractivity contribution in [2.45, 2.75) is 6.54 Å². The second-order valence-electron chi connectivity index (χ2n) is 4.13. The Morgan fingerprint density at radius 1 is 1.29 bits per heavy atom. The van der Waals surface area contributed by atoms with Gasteiger partial charge in [-0.25, -0.2) is 0 Å². The molecule has 0 bridgehead atoms. The smallest absolute Gasteiger partial charge is 0.148 e. The summed E-state index contributed by atoms with van der Waals surface area (Å²) in [6.45, 7) is 0.790. The molecule has 86 valence electrons. The maximum atomic E-state index is 4.28. The Kier molecular flexibility index (Phi) is 2.33. The van der Waals surface area contributed by atoms with Crippen molar-refractivity contribution in [3.05, 3.63) is 48.3 Å². The molecule has 1 aromatic carbocycles. The van der Waals surface area contributed by atoms with Crippen LogP contribution in [0.2, 0.25) is 0 Å². The zero-order valence-electron chi connectivity index (χ0n) is 9.64. The van der Waals surface area contributed by atoms with Crippen LogP contribution in [0.1, 0.15) is 5.56 Å².